The Labute approximate surface area is 199 Å². The van der Waals surface area contributed by atoms with Gasteiger partial charge in [-0.3, -0.25) is 4.98 Å². The molecular formula is C29H41N3O. The molecule has 4 fully saturated rings. The highest BCUT2D eigenvalue weighted by atomic mass is 16.3. The first-order chi connectivity index (χ1) is 16.0. The van der Waals surface area contributed by atoms with Crippen LogP contribution in [0.2, 0.25) is 0 Å². The quantitative estimate of drug-likeness (QED) is 0.592. The Kier molecular flexibility index (Phi) is 5.51. The largest absolute Gasteiger partial charge is 0.393 e. The maximum atomic E-state index is 11.4. The molecule has 33 heavy (non-hydrogen) atoms. The predicted molar refractivity (Wildman–Crippen MR) is 131 cm³/mol. The van der Waals surface area contributed by atoms with Crippen molar-refractivity contribution in [3.05, 3.63) is 30.5 Å². The fourth-order valence-electron chi connectivity index (χ4n) is 9.38. The predicted octanol–water partition coefficient (Wildman–Crippen LogP) is 6.37. The Balaban J connectivity index is 1.14. The maximum Gasteiger partial charge on any atom is 0.129 e. The molecule has 2 aromatic rings. The lowest BCUT2D eigenvalue weighted by atomic mass is 9.44. The van der Waals surface area contributed by atoms with Crippen LogP contribution in [0.25, 0.3) is 10.9 Å². The molecule has 1 N–H and O–H groups in total. The molecule has 2 aromatic heterocycles. The first-order valence-corrected chi connectivity index (χ1v) is 13.7. The third kappa shape index (κ3) is 3.54. The van der Waals surface area contributed by atoms with E-state index in [9.17, 15) is 5.11 Å². The number of rotatable bonds is 4. The lowest BCUT2D eigenvalue weighted by Gasteiger charge is -2.62. The molecule has 2 heterocycles. The summed E-state index contributed by atoms with van der Waals surface area (Å²) in [6, 6.07) is 1.98. The molecular weight excluding hydrogens is 406 g/mol. The van der Waals surface area contributed by atoms with E-state index in [0.717, 1.165) is 59.7 Å². The second-order valence-electron chi connectivity index (χ2n) is 12.5. The van der Waals surface area contributed by atoms with E-state index >= 15 is 0 Å². The fraction of sp³-hybridized carbons (Fsp3) is 0.759. The van der Waals surface area contributed by atoms with Crippen molar-refractivity contribution in [2.45, 2.75) is 97.0 Å². The topological polar surface area (TPSA) is 58.9 Å². The van der Waals surface area contributed by atoms with Crippen LogP contribution < -0.4 is 0 Å². The van der Waals surface area contributed by atoms with Gasteiger partial charge in [-0.15, -0.1) is 0 Å². The standard InChI is InChI=1S/C29H41N3O/c1-28-13-4-3-6-21(28)16-25(33)27-22-10-9-20(29(22,2)14-11-23(27)28)7-5-8-26-31-17-19-12-15-30-18-24(19)32-26/h12,15,17-18,20-23,25,27,33H,3-11,13-14,16H2,1-2H3. The van der Waals surface area contributed by atoms with Crippen LogP contribution in [-0.2, 0) is 6.42 Å². The van der Waals surface area contributed by atoms with Crippen molar-refractivity contribution in [2.75, 3.05) is 0 Å². The van der Waals surface area contributed by atoms with Gasteiger partial charge in [-0.1, -0.05) is 26.7 Å². The van der Waals surface area contributed by atoms with Crippen LogP contribution in [0.5, 0.6) is 0 Å². The van der Waals surface area contributed by atoms with Crippen molar-refractivity contribution >= 4 is 10.9 Å². The van der Waals surface area contributed by atoms with Crippen LogP contribution >= 0.6 is 0 Å². The van der Waals surface area contributed by atoms with Gasteiger partial charge in [0.2, 0.25) is 0 Å². The van der Waals surface area contributed by atoms with E-state index in [0.29, 0.717) is 16.7 Å². The van der Waals surface area contributed by atoms with Crippen molar-refractivity contribution < 1.29 is 5.11 Å². The number of fused-ring (bicyclic) bond motifs is 6. The highest BCUT2D eigenvalue weighted by molar-refractivity contribution is 5.76. The summed E-state index contributed by atoms with van der Waals surface area (Å²) >= 11 is 0. The van der Waals surface area contributed by atoms with Gasteiger partial charge in [-0.05, 0) is 104 Å². The highest BCUT2D eigenvalue weighted by Gasteiger charge is 2.61. The van der Waals surface area contributed by atoms with E-state index in [1.807, 2.05) is 18.5 Å². The summed E-state index contributed by atoms with van der Waals surface area (Å²) in [4.78, 5) is 13.6. The third-order valence-corrected chi connectivity index (χ3v) is 11.2. The molecule has 8 atom stereocenters. The number of aliphatic hydroxyl groups is 1. The number of aliphatic hydroxyl groups excluding tert-OH is 1. The van der Waals surface area contributed by atoms with Crippen molar-refractivity contribution in [1.29, 1.82) is 0 Å². The zero-order valence-corrected chi connectivity index (χ0v) is 20.5. The van der Waals surface area contributed by atoms with E-state index < -0.39 is 0 Å². The Morgan fingerprint density at radius 2 is 1.88 bits per heavy atom. The molecule has 178 valence electrons. The molecule has 0 aromatic carbocycles. The lowest BCUT2D eigenvalue weighted by Crippen LogP contribution is -2.57. The molecule has 0 bridgehead atoms. The first kappa shape index (κ1) is 21.9. The number of hydrogen-bond donors (Lipinski definition) is 1. The van der Waals surface area contributed by atoms with Crippen LogP contribution in [-0.4, -0.2) is 26.2 Å². The second kappa shape index (κ2) is 8.29. The van der Waals surface area contributed by atoms with E-state index in [2.05, 4.69) is 23.8 Å². The molecule has 0 aliphatic heterocycles. The van der Waals surface area contributed by atoms with Gasteiger partial charge in [0, 0.05) is 24.2 Å². The number of pyridine rings is 1. The molecule has 4 saturated carbocycles. The van der Waals surface area contributed by atoms with Gasteiger partial charge in [0.25, 0.3) is 0 Å². The maximum absolute atomic E-state index is 11.4. The monoisotopic (exact) mass is 447 g/mol. The molecule has 4 heteroatoms. The van der Waals surface area contributed by atoms with Gasteiger partial charge < -0.3 is 5.11 Å². The smallest absolute Gasteiger partial charge is 0.129 e. The second-order valence-corrected chi connectivity index (χ2v) is 12.5. The van der Waals surface area contributed by atoms with Crippen LogP contribution in [0.15, 0.2) is 24.7 Å². The summed E-state index contributed by atoms with van der Waals surface area (Å²) in [6.07, 6.45) is 20.9. The average Bonchev–Trinajstić information content (AvgIpc) is 3.15. The highest BCUT2D eigenvalue weighted by Crippen LogP contribution is 2.67. The summed E-state index contributed by atoms with van der Waals surface area (Å²) in [5, 5.41) is 12.5. The van der Waals surface area contributed by atoms with Crippen LogP contribution in [0.4, 0.5) is 0 Å². The fourth-order valence-corrected chi connectivity index (χ4v) is 9.38. The number of aromatic nitrogens is 3. The lowest BCUT2D eigenvalue weighted by molar-refractivity contribution is -0.162. The first-order valence-electron chi connectivity index (χ1n) is 13.7. The van der Waals surface area contributed by atoms with Crippen molar-refractivity contribution in [3.63, 3.8) is 0 Å². The summed E-state index contributed by atoms with van der Waals surface area (Å²) in [6.45, 7) is 5.19. The Morgan fingerprint density at radius 1 is 1.00 bits per heavy atom. The zero-order valence-electron chi connectivity index (χ0n) is 20.5. The molecule has 0 saturated heterocycles. The van der Waals surface area contributed by atoms with Crippen molar-refractivity contribution in [2.24, 2.45) is 40.4 Å². The third-order valence-electron chi connectivity index (χ3n) is 11.2. The molecule has 6 rings (SSSR count). The molecule has 0 amide bonds. The normalized spacial score (nSPS) is 42.5. The molecule has 8 unspecified atom stereocenters. The van der Waals surface area contributed by atoms with E-state index in [-0.39, 0.29) is 6.10 Å². The molecule has 0 radical (unpaired) electrons. The average molecular weight is 448 g/mol. The number of nitrogens with zero attached hydrogens (tertiary/aromatic N) is 3. The molecule has 4 aliphatic carbocycles. The van der Waals surface area contributed by atoms with Crippen LogP contribution in [0, 0.1) is 40.4 Å². The minimum atomic E-state index is -0.0610. The molecule has 4 nitrogen and oxygen atoms in total. The zero-order chi connectivity index (χ0) is 22.6. The van der Waals surface area contributed by atoms with Crippen LogP contribution in [0.3, 0.4) is 0 Å². The minimum absolute atomic E-state index is 0.0610. The van der Waals surface area contributed by atoms with E-state index in [1.54, 1.807) is 6.20 Å². The van der Waals surface area contributed by atoms with Gasteiger partial charge in [-0.25, -0.2) is 9.97 Å². The SMILES string of the molecule is CC12CCC3C(C(O)CC4CCCCC43C)C1CCC2CCCc1ncc2ccncc2n1. The van der Waals surface area contributed by atoms with E-state index in [1.165, 1.54) is 57.8 Å². The number of aryl methyl sites for hydroxylation is 1. The molecule has 0 spiro atoms. The molecule has 4 aliphatic rings. The van der Waals surface area contributed by atoms with Gasteiger partial charge in [0.05, 0.1) is 17.8 Å². The number of hydrogen-bond acceptors (Lipinski definition) is 4. The van der Waals surface area contributed by atoms with Gasteiger partial charge in [-0.2, -0.15) is 0 Å². The van der Waals surface area contributed by atoms with E-state index in [4.69, 9.17) is 4.98 Å². The summed E-state index contributed by atoms with van der Waals surface area (Å²) in [5.41, 5.74) is 1.85. The van der Waals surface area contributed by atoms with Crippen LogP contribution in [0.1, 0.15) is 90.3 Å². The summed E-state index contributed by atoms with van der Waals surface area (Å²) in [7, 11) is 0. The van der Waals surface area contributed by atoms with Crippen molar-refractivity contribution in [1.82, 2.24) is 15.0 Å². The Hall–Kier alpha value is -1.55. The summed E-state index contributed by atoms with van der Waals surface area (Å²) in [5.74, 6) is 4.53. The minimum Gasteiger partial charge on any atom is -0.393 e. The van der Waals surface area contributed by atoms with Gasteiger partial charge >= 0.3 is 0 Å². The van der Waals surface area contributed by atoms with Gasteiger partial charge in [0.15, 0.2) is 0 Å². The van der Waals surface area contributed by atoms with Crippen molar-refractivity contribution in [3.8, 4) is 0 Å². The Morgan fingerprint density at radius 3 is 2.79 bits per heavy atom. The Bertz CT molecular complexity index is 1010. The van der Waals surface area contributed by atoms with Gasteiger partial charge in [0.1, 0.15) is 5.82 Å². The summed E-state index contributed by atoms with van der Waals surface area (Å²) < 4.78 is 0.